The number of benzene rings is 2. The molecule has 5 heteroatoms. The molecule has 0 saturated carbocycles. The van der Waals surface area contributed by atoms with Crippen LogP contribution in [0.5, 0.6) is 11.5 Å². The van der Waals surface area contributed by atoms with Crippen molar-refractivity contribution in [2.24, 2.45) is 0 Å². The van der Waals surface area contributed by atoms with E-state index >= 15 is 0 Å². The normalized spacial score (nSPS) is 10.2. The highest BCUT2D eigenvalue weighted by atomic mass is 16.5. The SMILES string of the molecule is [C-]#[N+]c1ccc(Oc2c(CC)nn(-c3ccc(C#N)cc3)c2CC)cc1. The first-order valence-corrected chi connectivity index (χ1v) is 8.46. The summed E-state index contributed by atoms with van der Waals surface area (Å²) in [6.07, 6.45) is 1.49. The molecule has 0 fully saturated rings. The van der Waals surface area contributed by atoms with Gasteiger partial charge in [-0.3, -0.25) is 0 Å². The van der Waals surface area contributed by atoms with Gasteiger partial charge in [0.2, 0.25) is 0 Å². The Labute approximate surface area is 152 Å². The lowest BCUT2D eigenvalue weighted by Crippen LogP contribution is -2.02. The zero-order chi connectivity index (χ0) is 18.5. The van der Waals surface area contributed by atoms with Gasteiger partial charge in [-0.2, -0.15) is 10.4 Å². The van der Waals surface area contributed by atoms with E-state index in [9.17, 15) is 0 Å². The van der Waals surface area contributed by atoms with Crippen LogP contribution in [0.25, 0.3) is 10.5 Å². The minimum atomic E-state index is 0.581. The Morgan fingerprint density at radius 1 is 1.08 bits per heavy atom. The smallest absolute Gasteiger partial charge is 0.187 e. The van der Waals surface area contributed by atoms with Crippen molar-refractivity contribution in [2.45, 2.75) is 26.7 Å². The summed E-state index contributed by atoms with van der Waals surface area (Å²) in [5.41, 5.74) is 3.94. The van der Waals surface area contributed by atoms with Crippen molar-refractivity contribution in [1.82, 2.24) is 9.78 Å². The maximum Gasteiger partial charge on any atom is 0.187 e. The molecule has 1 heterocycles. The second-order valence-corrected chi connectivity index (χ2v) is 5.71. The summed E-state index contributed by atoms with van der Waals surface area (Å²) in [6, 6.07) is 16.5. The van der Waals surface area contributed by atoms with Crippen molar-refractivity contribution >= 4 is 5.69 Å². The Kier molecular flexibility index (Phi) is 5.01. The zero-order valence-electron chi connectivity index (χ0n) is 14.7. The van der Waals surface area contributed by atoms with E-state index in [1.165, 1.54) is 0 Å². The fraction of sp³-hybridized carbons (Fsp3) is 0.190. The van der Waals surface area contributed by atoms with Crippen LogP contribution in [0.3, 0.4) is 0 Å². The van der Waals surface area contributed by atoms with Crippen LogP contribution in [0.4, 0.5) is 5.69 Å². The highest BCUT2D eigenvalue weighted by Gasteiger charge is 2.19. The second-order valence-electron chi connectivity index (χ2n) is 5.71. The van der Waals surface area contributed by atoms with Crippen molar-refractivity contribution in [3.63, 3.8) is 0 Å². The summed E-state index contributed by atoms with van der Waals surface area (Å²) in [4.78, 5) is 3.40. The van der Waals surface area contributed by atoms with Crippen LogP contribution in [0, 0.1) is 17.9 Å². The van der Waals surface area contributed by atoms with Crippen molar-refractivity contribution in [2.75, 3.05) is 0 Å². The number of hydrogen-bond donors (Lipinski definition) is 0. The zero-order valence-corrected chi connectivity index (χ0v) is 14.7. The molecule has 3 aromatic rings. The summed E-state index contributed by atoms with van der Waals surface area (Å²) >= 11 is 0. The maximum atomic E-state index is 8.98. The standard InChI is InChI=1S/C21H18N4O/c1-4-19-21(26-18-12-8-16(23-3)9-13-18)20(5-2)25(24-19)17-10-6-15(14-22)7-11-17/h6-13H,4-5H2,1-2H3. The van der Waals surface area contributed by atoms with Gasteiger partial charge in [0.1, 0.15) is 11.4 Å². The monoisotopic (exact) mass is 342 g/mol. The fourth-order valence-corrected chi connectivity index (χ4v) is 2.75. The number of aryl methyl sites for hydroxylation is 1. The molecule has 2 aromatic carbocycles. The first-order chi connectivity index (χ1) is 12.7. The molecule has 0 N–H and O–H groups in total. The predicted molar refractivity (Wildman–Crippen MR) is 99.8 cm³/mol. The number of rotatable bonds is 5. The molecule has 5 nitrogen and oxygen atoms in total. The van der Waals surface area contributed by atoms with Crippen LogP contribution in [-0.2, 0) is 12.8 Å². The van der Waals surface area contributed by atoms with Crippen LogP contribution >= 0.6 is 0 Å². The molecule has 0 aliphatic heterocycles. The summed E-state index contributed by atoms with van der Waals surface area (Å²) < 4.78 is 8.01. The Balaban J connectivity index is 2.02. The van der Waals surface area contributed by atoms with Crippen molar-refractivity contribution < 1.29 is 4.74 Å². The lowest BCUT2D eigenvalue weighted by molar-refractivity contribution is 0.470. The van der Waals surface area contributed by atoms with Crippen LogP contribution in [0.15, 0.2) is 48.5 Å². The van der Waals surface area contributed by atoms with E-state index in [4.69, 9.17) is 21.7 Å². The van der Waals surface area contributed by atoms with E-state index in [2.05, 4.69) is 17.8 Å². The van der Waals surface area contributed by atoms with Gasteiger partial charge in [-0.05, 0) is 49.2 Å². The van der Waals surface area contributed by atoms with Gasteiger partial charge in [-0.1, -0.05) is 26.0 Å². The minimum Gasteiger partial charge on any atom is -0.454 e. The topological polar surface area (TPSA) is 55.2 Å². The largest absolute Gasteiger partial charge is 0.454 e. The number of nitriles is 1. The quantitative estimate of drug-likeness (QED) is 0.598. The van der Waals surface area contributed by atoms with Crippen LogP contribution < -0.4 is 4.74 Å². The van der Waals surface area contributed by atoms with Gasteiger partial charge in [0.05, 0.1) is 29.6 Å². The highest BCUT2D eigenvalue weighted by Crippen LogP contribution is 2.32. The molecule has 0 aliphatic rings. The molecule has 26 heavy (non-hydrogen) atoms. The average Bonchev–Trinajstić information content (AvgIpc) is 3.06. The Morgan fingerprint density at radius 3 is 2.31 bits per heavy atom. The third-order valence-corrected chi connectivity index (χ3v) is 4.10. The third kappa shape index (κ3) is 3.29. The molecule has 0 radical (unpaired) electrons. The number of hydrogen-bond acceptors (Lipinski definition) is 3. The van der Waals surface area contributed by atoms with Crippen molar-refractivity contribution in [3.8, 4) is 23.3 Å². The van der Waals surface area contributed by atoms with Gasteiger partial charge in [0.25, 0.3) is 0 Å². The summed E-state index contributed by atoms with van der Waals surface area (Å²) in [5.74, 6) is 1.44. The van der Waals surface area contributed by atoms with E-state index in [1.54, 1.807) is 36.4 Å². The third-order valence-electron chi connectivity index (χ3n) is 4.10. The average molecular weight is 342 g/mol. The molecule has 128 valence electrons. The maximum absolute atomic E-state index is 8.98. The number of aromatic nitrogens is 2. The van der Waals surface area contributed by atoms with Gasteiger partial charge in [0, 0.05) is 0 Å². The molecule has 0 aliphatic carbocycles. The molecular formula is C21H18N4O. The van der Waals surface area contributed by atoms with E-state index in [0.29, 0.717) is 17.0 Å². The second kappa shape index (κ2) is 7.55. The van der Waals surface area contributed by atoms with Gasteiger partial charge in [-0.15, -0.1) is 0 Å². The summed E-state index contributed by atoms with van der Waals surface area (Å²) in [5, 5.41) is 13.7. The van der Waals surface area contributed by atoms with E-state index < -0.39 is 0 Å². The molecule has 0 spiro atoms. The Bertz CT molecular complexity index is 987. The highest BCUT2D eigenvalue weighted by molar-refractivity contribution is 5.50. The van der Waals surface area contributed by atoms with Gasteiger partial charge in [-0.25, -0.2) is 9.53 Å². The first kappa shape index (κ1) is 17.3. The predicted octanol–water partition coefficient (Wildman–Crippen LogP) is 5.21. The van der Waals surface area contributed by atoms with Gasteiger partial charge >= 0.3 is 0 Å². The van der Waals surface area contributed by atoms with Crippen molar-refractivity contribution in [3.05, 3.63) is 76.9 Å². The fourth-order valence-electron chi connectivity index (χ4n) is 2.75. The van der Waals surface area contributed by atoms with E-state index in [-0.39, 0.29) is 0 Å². The van der Waals surface area contributed by atoms with Gasteiger partial charge in [0.15, 0.2) is 11.4 Å². The Morgan fingerprint density at radius 2 is 1.77 bits per heavy atom. The number of ether oxygens (including phenoxy) is 1. The molecule has 0 bridgehead atoms. The van der Waals surface area contributed by atoms with Gasteiger partial charge < -0.3 is 4.74 Å². The molecule has 0 saturated heterocycles. The molecule has 0 amide bonds. The lowest BCUT2D eigenvalue weighted by Gasteiger charge is -2.09. The van der Waals surface area contributed by atoms with E-state index in [0.717, 1.165) is 35.7 Å². The van der Waals surface area contributed by atoms with Crippen LogP contribution in [0.1, 0.15) is 30.8 Å². The van der Waals surface area contributed by atoms with Crippen LogP contribution in [-0.4, -0.2) is 9.78 Å². The number of nitrogens with zero attached hydrogens (tertiary/aromatic N) is 4. The minimum absolute atomic E-state index is 0.581. The van der Waals surface area contributed by atoms with Crippen LogP contribution in [0.2, 0.25) is 0 Å². The summed E-state index contributed by atoms with van der Waals surface area (Å²) in [7, 11) is 0. The lowest BCUT2D eigenvalue weighted by atomic mass is 10.2. The first-order valence-electron chi connectivity index (χ1n) is 8.46. The summed E-state index contributed by atoms with van der Waals surface area (Å²) in [6.45, 7) is 11.1. The van der Waals surface area contributed by atoms with E-state index in [1.807, 2.05) is 23.7 Å². The van der Waals surface area contributed by atoms with Crippen molar-refractivity contribution in [1.29, 1.82) is 5.26 Å². The molecular weight excluding hydrogens is 324 g/mol. The molecule has 1 aromatic heterocycles. The Hall–Kier alpha value is -3.57. The molecule has 0 unspecified atom stereocenters. The molecule has 3 rings (SSSR count). The molecule has 0 atom stereocenters.